The lowest BCUT2D eigenvalue weighted by Gasteiger charge is -1.85. The molecule has 1 heterocycles. The predicted octanol–water partition coefficient (Wildman–Crippen LogP) is 0.343. The molecule has 0 fully saturated rings. The number of aromatic nitrogens is 2. The van der Waals surface area contributed by atoms with Crippen molar-refractivity contribution in [2.24, 2.45) is 0 Å². The van der Waals surface area contributed by atoms with Gasteiger partial charge >= 0.3 is 0 Å². The molecule has 1 rings (SSSR count). The summed E-state index contributed by atoms with van der Waals surface area (Å²) in [5.41, 5.74) is 0. The van der Waals surface area contributed by atoms with E-state index in [1.807, 2.05) is 6.07 Å². The minimum atomic E-state index is 0.272. The molecule has 0 aromatic carbocycles. The minimum absolute atomic E-state index is 0.272. The van der Waals surface area contributed by atoms with Crippen LogP contribution in [-0.2, 0) is 6.42 Å². The van der Waals surface area contributed by atoms with Gasteiger partial charge in [0.2, 0.25) is 0 Å². The molecule has 43 valence electrons. The first-order chi connectivity index (χ1) is 4.43. The monoisotopic (exact) mass is 118 g/mol. The van der Waals surface area contributed by atoms with Crippen molar-refractivity contribution in [3.05, 3.63) is 24.3 Å². The molecule has 0 saturated carbocycles. The molecule has 3 heteroatoms. The summed E-state index contributed by atoms with van der Waals surface area (Å²) in [6.07, 6.45) is 3.27. The summed E-state index contributed by atoms with van der Waals surface area (Å²) >= 11 is 0. The molecule has 0 amide bonds. The van der Waals surface area contributed by atoms with E-state index in [1.54, 1.807) is 0 Å². The van der Waals surface area contributed by atoms with Gasteiger partial charge in [-0.3, -0.25) is 0 Å². The lowest BCUT2D eigenvalue weighted by atomic mass is 10.4. The molecule has 1 aromatic rings. The van der Waals surface area contributed by atoms with Crippen molar-refractivity contribution in [1.29, 1.82) is 5.26 Å². The molecule has 0 N–H and O–H groups in total. The van der Waals surface area contributed by atoms with E-state index in [1.165, 1.54) is 12.4 Å². The van der Waals surface area contributed by atoms with Gasteiger partial charge in [-0.05, 0) is 0 Å². The van der Waals surface area contributed by atoms with Crippen LogP contribution < -0.4 is 0 Å². The maximum Gasteiger partial charge on any atom is 0.142 e. The summed E-state index contributed by atoms with van der Waals surface area (Å²) < 4.78 is 0. The van der Waals surface area contributed by atoms with Gasteiger partial charge in [0.15, 0.2) is 0 Å². The minimum Gasteiger partial charge on any atom is -0.240 e. The highest BCUT2D eigenvalue weighted by Crippen LogP contribution is 1.84. The fraction of sp³-hybridized carbons (Fsp3) is 0.167. The molecule has 0 aliphatic carbocycles. The first kappa shape index (κ1) is 5.70. The third-order valence-electron chi connectivity index (χ3n) is 0.813. The van der Waals surface area contributed by atoms with Crippen molar-refractivity contribution < 1.29 is 0 Å². The Kier molecular flexibility index (Phi) is 1.76. The van der Waals surface area contributed by atoms with Crippen LogP contribution in [0.2, 0.25) is 0 Å². The van der Waals surface area contributed by atoms with Crippen LogP contribution in [0.4, 0.5) is 0 Å². The van der Waals surface area contributed by atoms with Gasteiger partial charge in [-0.1, -0.05) is 0 Å². The van der Waals surface area contributed by atoms with Crippen molar-refractivity contribution in [1.82, 2.24) is 9.97 Å². The average molecular weight is 118 g/mol. The predicted molar refractivity (Wildman–Crippen MR) is 30.2 cm³/mol. The molecule has 9 heavy (non-hydrogen) atoms. The molecule has 0 unspecified atom stereocenters. The number of nitrogens with zero attached hydrogens (tertiary/aromatic N) is 3. The third-order valence-corrected chi connectivity index (χ3v) is 0.813. The molecule has 0 saturated heterocycles. The van der Waals surface area contributed by atoms with Crippen LogP contribution in [0.25, 0.3) is 0 Å². The summed E-state index contributed by atoms with van der Waals surface area (Å²) in [5.74, 6) is 0.552. The first-order valence-corrected chi connectivity index (χ1v) is 2.47. The molecular weight excluding hydrogens is 114 g/mol. The fourth-order valence-electron chi connectivity index (χ4n) is 0.452. The van der Waals surface area contributed by atoms with Crippen LogP contribution >= 0.6 is 0 Å². The van der Waals surface area contributed by atoms with E-state index in [4.69, 9.17) is 5.26 Å². The molecule has 0 atom stereocenters. The molecule has 0 spiro atoms. The van der Waals surface area contributed by atoms with Crippen LogP contribution in [-0.4, -0.2) is 9.97 Å². The fourth-order valence-corrected chi connectivity index (χ4v) is 0.452. The zero-order valence-corrected chi connectivity index (χ0v) is 4.70. The molecule has 1 radical (unpaired) electrons. The van der Waals surface area contributed by atoms with Gasteiger partial charge in [0.05, 0.1) is 12.5 Å². The third kappa shape index (κ3) is 1.50. The maximum absolute atomic E-state index is 8.18. The second-order valence-corrected chi connectivity index (χ2v) is 1.43. The highest BCUT2D eigenvalue weighted by atomic mass is 14.8. The van der Waals surface area contributed by atoms with Gasteiger partial charge in [-0.2, -0.15) is 5.26 Å². The number of hydrogen-bond donors (Lipinski definition) is 0. The summed E-state index contributed by atoms with van der Waals surface area (Å²) in [5, 5.41) is 8.18. The van der Waals surface area contributed by atoms with Crippen molar-refractivity contribution in [3.63, 3.8) is 0 Å². The van der Waals surface area contributed by atoms with Crippen LogP contribution in [0.1, 0.15) is 5.82 Å². The zero-order chi connectivity index (χ0) is 6.53. The van der Waals surface area contributed by atoms with Gasteiger partial charge in [0.25, 0.3) is 0 Å². The average Bonchev–Trinajstić information content (AvgIpc) is 1.91. The van der Waals surface area contributed by atoms with Crippen molar-refractivity contribution >= 4 is 0 Å². The number of rotatable bonds is 1. The highest BCUT2D eigenvalue weighted by Gasteiger charge is 1.88. The number of nitriles is 1. The van der Waals surface area contributed by atoms with E-state index in [2.05, 4.69) is 16.0 Å². The van der Waals surface area contributed by atoms with E-state index in [9.17, 15) is 0 Å². The lowest BCUT2D eigenvalue weighted by molar-refractivity contribution is 0.992. The molecule has 1 aromatic heterocycles. The maximum atomic E-state index is 8.18. The molecule has 0 aliphatic heterocycles. The Morgan fingerprint density at radius 2 is 2.22 bits per heavy atom. The van der Waals surface area contributed by atoms with Gasteiger partial charge < -0.3 is 0 Å². The smallest absolute Gasteiger partial charge is 0.142 e. The largest absolute Gasteiger partial charge is 0.240 e. The van der Waals surface area contributed by atoms with Crippen LogP contribution in [0, 0.1) is 17.4 Å². The SMILES string of the molecule is N#CCc1nc[c]cn1. The van der Waals surface area contributed by atoms with Crippen molar-refractivity contribution in [2.45, 2.75) is 6.42 Å². The van der Waals surface area contributed by atoms with Crippen LogP contribution in [0.5, 0.6) is 0 Å². The Balaban J connectivity index is 2.76. The standard InChI is InChI=1S/C6H4N3/c7-3-2-6-8-4-1-5-9-6/h4-5H,2H2. The van der Waals surface area contributed by atoms with E-state index < -0.39 is 0 Å². The Morgan fingerprint density at radius 1 is 1.56 bits per heavy atom. The Hall–Kier alpha value is -1.43. The normalized spacial score (nSPS) is 8.33. The second-order valence-electron chi connectivity index (χ2n) is 1.43. The molecule has 0 aliphatic rings. The Bertz CT molecular complexity index is 211. The summed E-state index contributed by atoms with van der Waals surface area (Å²) in [6.45, 7) is 0. The van der Waals surface area contributed by atoms with E-state index in [-0.39, 0.29) is 6.42 Å². The Labute approximate surface area is 53.0 Å². The Morgan fingerprint density at radius 3 is 2.78 bits per heavy atom. The van der Waals surface area contributed by atoms with Gasteiger partial charge in [0, 0.05) is 18.5 Å². The summed E-state index contributed by atoms with van der Waals surface area (Å²) in [6, 6.07) is 4.60. The second kappa shape index (κ2) is 2.78. The summed E-state index contributed by atoms with van der Waals surface area (Å²) in [4.78, 5) is 7.56. The molecule has 3 nitrogen and oxygen atoms in total. The van der Waals surface area contributed by atoms with Gasteiger partial charge in [-0.25, -0.2) is 9.97 Å². The zero-order valence-electron chi connectivity index (χ0n) is 4.70. The van der Waals surface area contributed by atoms with Gasteiger partial charge in [0.1, 0.15) is 5.82 Å². The van der Waals surface area contributed by atoms with E-state index in [0.29, 0.717) is 5.82 Å². The van der Waals surface area contributed by atoms with Crippen LogP contribution in [0.15, 0.2) is 12.4 Å². The first-order valence-electron chi connectivity index (χ1n) is 2.47. The van der Waals surface area contributed by atoms with Crippen molar-refractivity contribution in [3.8, 4) is 6.07 Å². The lowest BCUT2D eigenvalue weighted by Crippen LogP contribution is -1.89. The highest BCUT2D eigenvalue weighted by molar-refractivity contribution is 4.94. The van der Waals surface area contributed by atoms with E-state index >= 15 is 0 Å². The summed E-state index contributed by atoms with van der Waals surface area (Å²) in [7, 11) is 0. The number of hydrogen-bond acceptors (Lipinski definition) is 3. The quantitative estimate of drug-likeness (QED) is 0.534. The van der Waals surface area contributed by atoms with Crippen LogP contribution in [0.3, 0.4) is 0 Å². The topological polar surface area (TPSA) is 49.6 Å². The van der Waals surface area contributed by atoms with Gasteiger partial charge in [-0.15, -0.1) is 0 Å². The molecule has 0 bridgehead atoms. The molecular formula is C6H4N3. The van der Waals surface area contributed by atoms with E-state index in [0.717, 1.165) is 0 Å². The van der Waals surface area contributed by atoms with Crippen molar-refractivity contribution in [2.75, 3.05) is 0 Å².